The number of hydrogen-bond acceptors (Lipinski definition) is 3. The molecule has 0 heterocycles. The SMILES string of the molecule is C=C(c1ccc2c(c1)CCCC2)C(O)C/C(C)=C(\C)COCOC. The van der Waals surface area contributed by atoms with Crippen molar-refractivity contribution >= 4 is 5.57 Å². The molecular weight excluding hydrogens is 300 g/mol. The molecule has 3 nitrogen and oxygen atoms in total. The molecule has 1 aromatic rings. The van der Waals surface area contributed by atoms with Gasteiger partial charge in [-0.3, -0.25) is 0 Å². The quantitative estimate of drug-likeness (QED) is 0.439. The summed E-state index contributed by atoms with van der Waals surface area (Å²) in [6, 6.07) is 6.52. The van der Waals surface area contributed by atoms with Gasteiger partial charge >= 0.3 is 0 Å². The van der Waals surface area contributed by atoms with Crippen LogP contribution in [0.3, 0.4) is 0 Å². The zero-order valence-corrected chi connectivity index (χ0v) is 15.2. The van der Waals surface area contributed by atoms with E-state index in [1.165, 1.54) is 30.4 Å². The lowest BCUT2D eigenvalue weighted by molar-refractivity contribution is -0.0213. The first-order valence-electron chi connectivity index (χ1n) is 8.74. The Morgan fingerprint density at radius 1 is 1.17 bits per heavy atom. The Balaban J connectivity index is 2.00. The maximum absolute atomic E-state index is 10.6. The molecule has 0 bridgehead atoms. The van der Waals surface area contributed by atoms with Crippen LogP contribution in [0.25, 0.3) is 5.57 Å². The minimum absolute atomic E-state index is 0.287. The van der Waals surface area contributed by atoms with Crippen molar-refractivity contribution in [2.45, 2.75) is 52.1 Å². The van der Waals surface area contributed by atoms with Crippen LogP contribution < -0.4 is 0 Å². The molecule has 0 spiro atoms. The van der Waals surface area contributed by atoms with Crippen LogP contribution in [0.4, 0.5) is 0 Å². The summed E-state index contributed by atoms with van der Waals surface area (Å²) in [6.45, 7) is 9.01. The minimum atomic E-state index is -0.566. The molecule has 24 heavy (non-hydrogen) atoms. The summed E-state index contributed by atoms with van der Waals surface area (Å²) in [5.74, 6) is 0. The van der Waals surface area contributed by atoms with Crippen molar-refractivity contribution in [1.82, 2.24) is 0 Å². The Morgan fingerprint density at radius 3 is 2.58 bits per heavy atom. The summed E-state index contributed by atoms with van der Waals surface area (Å²) in [5, 5.41) is 10.6. The Labute approximate surface area is 146 Å². The fourth-order valence-corrected chi connectivity index (χ4v) is 3.11. The number of benzene rings is 1. The number of hydrogen-bond donors (Lipinski definition) is 1. The molecular formula is C21H30O3. The number of aliphatic hydroxyl groups is 1. The topological polar surface area (TPSA) is 38.7 Å². The summed E-state index contributed by atoms with van der Waals surface area (Å²) in [6.07, 6.45) is 4.87. The molecule has 132 valence electrons. The normalized spacial score (nSPS) is 16.3. The lowest BCUT2D eigenvalue weighted by Gasteiger charge is -2.20. The average Bonchev–Trinajstić information content (AvgIpc) is 2.60. The fourth-order valence-electron chi connectivity index (χ4n) is 3.11. The monoisotopic (exact) mass is 330 g/mol. The number of methoxy groups -OCH3 is 1. The highest BCUT2D eigenvalue weighted by Crippen LogP contribution is 2.28. The van der Waals surface area contributed by atoms with Gasteiger partial charge < -0.3 is 14.6 Å². The van der Waals surface area contributed by atoms with Crippen LogP contribution in [-0.2, 0) is 22.3 Å². The second-order valence-corrected chi connectivity index (χ2v) is 6.75. The first-order valence-corrected chi connectivity index (χ1v) is 8.74. The standard InChI is InChI=1S/C21H30O3/c1-15(16(2)13-24-14-23-4)11-21(22)17(3)19-10-9-18-7-5-6-8-20(18)12-19/h9-10,12,21-22H,3,5-8,11,13-14H2,1-2,4H3/b16-15+. The number of fused-ring (bicyclic) bond motifs is 1. The minimum Gasteiger partial charge on any atom is -0.388 e. The second-order valence-electron chi connectivity index (χ2n) is 6.75. The van der Waals surface area contributed by atoms with Crippen LogP contribution in [0.15, 0.2) is 35.9 Å². The molecule has 0 saturated heterocycles. The van der Waals surface area contributed by atoms with Crippen LogP contribution in [0, 0.1) is 0 Å². The van der Waals surface area contributed by atoms with Gasteiger partial charge in [0.25, 0.3) is 0 Å². The smallest absolute Gasteiger partial charge is 0.146 e. The summed E-state index contributed by atoms with van der Waals surface area (Å²) in [5.41, 5.74) is 7.00. The van der Waals surface area contributed by atoms with Crippen LogP contribution in [0.5, 0.6) is 0 Å². The van der Waals surface area contributed by atoms with Gasteiger partial charge in [0.1, 0.15) is 6.79 Å². The van der Waals surface area contributed by atoms with Gasteiger partial charge in [-0.1, -0.05) is 30.4 Å². The molecule has 0 amide bonds. The summed E-state index contributed by atoms with van der Waals surface area (Å²) >= 11 is 0. The lowest BCUT2D eigenvalue weighted by atomic mass is 9.87. The highest BCUT2D eigenvalue weighted by molar-refractivity contribution is 5.68. The maximum atomic E-state index is 10.6. The molecule has 1 aromatic carbocycles. The molecule has 0 radical (unpaired) electrons. The van der Waals surface area contributed by atoms with E-state index in [-0.39, 0.29) is 6.79 Å². The zero-order chi connectivity index (χ0) is 17.5. The number of aliphatic hydroxyl groups excluding tert-OH is 1. The van der Waals surface area contributed by atoms with Gasteiger partial charge in [0.15, 0.2) is 0 Å². The average molecular weight is 330 g/mol. The first-order chi connectivity index (χ1) is 11.5. The third-order valence-corrected chi connectivity index (χ3v) is 4.87. The van der Waals surface area contributed by atoms with Crippen LogP contribution >= 0.6 is 0 Å². The zero-order valence-electron chi connectivity index (χ0n) is 15.2. The molecule has 0 fully saturated rings. The van der Waals surface area contributed by atoms with E-state index in [1.54, 1.807) is 7.11 Å². The van der Waals surface area contributed by atoms with E-state index in [0.29, 0.717) is 13.0 Å². The number of ether oxygens (including phenoxy) is 2. The number of aryl methyl sites for hydroxylation is 2. The lowest BCUT2D eigenvalue weighted by Crippen LogP contribution is -2.12. The number of rotatable bonds is 8. The predicted octanol–water partition coefficient (Wildman–Crippen LogP) is 4.29. The van der Waals surface area contributed by atoms with Gasteiger partial charge in [0, 0.05) is 7.11 Å². The van der Waals surface area contributed by atoms with Gasteiger partial charge in [-0.15, -0.1) is 0 Å². The summed E-state index contributed by atoms with van der Waals surface area (Å²) < 4.78 is 10.3. The van der Waals surface area contributed by atoms with Crippen molar-refractivity contribution in [2.75, 3.05) is 20.5 Å². The molecule has 3 heteroatoms. The van der Waals surface area contributed by atoms with Gasteiger partial charge in [0.05, 0.1) is 12.7 Å². The molecule has 2 rings (SSSR count). The Morgan fingerprint density at radius 2 is 1.88 bits per heavy atom. The van der Waals surface area contributed by atoms with Crippen molar-refractivity contribution in [3.8, 4) is 0 Å². The molecule has 1 aliphatic carbocycles. The van der Waals surface area contributed by atoms with Crippen LogP contribution in [-0.4, -0.2) is 31.7 Å². The predicted molar refractivity (Wildman–Crippen MR) is 98.9 cm³/mol. The van der Waals surface area contributed by atoms with E-state index >= 15 is 0 Å². The Hall–Kier alpha value is -1.42. The fraction of sp³-hybridized carbons (Fsp3) is 0.524. The summed E-state index contributed by atoms with van der Waals surface area (Å²) in [4.78, 5) is 0. The van der Waals surface area contributed by atoms with Crippen molar-refractivity contribution in [3.05, 3.63) is 52.6 Å². The third-order valence-electron chi connectivity index (χ3n) is 4.87. The Kier molecular flexibility index (Phi) is 7.22. The van der Waals surface area contributed by atoms with Crippen molar-refractivity contribution in [1.29, 1.82) is 0 Å². The molecule has 1 atom stereocenters. The van der Waals surface area contributed by atoms with E-state index in [2.05, 4.69) is 24.8 Å². The van der Waals surface area contributed by atoms with Gasteiger partial charge in [-0.2, -0.15) is 0 Å². The van der Waals surface area contributed by atoms with Gasteiger partial charge in [-0.05, 0) is 73.8 Å². The van der Waals surface area contributed by atoms with E-state index in [0.717, 1.165) is 28.7 Å². The molecule has 1 aliphatic rings. The maximum Gasteiger partial charge on any atom is 0.146 e. The Bertz CT molecular complexity index is 601. The molecule has 1 N–H and O–H groups in total. The molecule has 0 saturated carbocycles. The third kappa shape index (κ3) is 5.04. The first kappa shape index (κ1) is 18.9. The molecule has 0 aromatic heterocycles. The van der Waals surface area contributed by atoms with Gasteiger partial charge in [-0.25, -0.2) is 0 Å². The van der Waals surface area contributed by atoms with E-state index in [4.69, 9.17) is 9.47 Å². The highest BCUT2D eigenvalue weighted by Gasteiger charge is 2.15. The van der Waals surface area contributed by atoms with Gasteiger partial charge in [0.2, 0.25) is 0 Å². The van der Waals surface area contributed by atoms with Crippen molar-refractivity contribution < 1.29 is 14.6 Å². The van der Waals surface area contributed by atoms with Crippen LogP contribution in [0.2, 0.25) is 0 Å². The van der Waals surface area contributed by atoms with Crippen LogP contribution in [0.1, 0.15) is 49.8 Å². The van der Waals surface area contributed by atoms with Crippen molar-refractivity contribution in [3.63, 3.8) is 0 Å². The summed E-state index contributed by atoms with van der Waals surface area (Å²) in [7, 11) is 1.61. The van der Waals surface area contributed by atoms with E-state index in [9.17, 15) is 5.11 Å². The van der Waals surface area contributed by atoms with E-state index in [1.807, 2.05) is 13.8 Å². The molecule has 0 aliphatic heterocycles. The highest BCUT2D eigenvalue weighted by atomic mass is 16.7. The second kappa shape index (κ2) is 9.16. The van der Waals surface area contributed by atoms with E-state index < -0.39 is 6.10 Å². The largest absolute Gasteiger partial charge is 0.388 e. The molecule has 1 unspecified atom stereocenters. The van der Waals surface area contributed by atoms with Crippen molar-refractivity contribution in [2.24, 2.45) is 0 Å².